The predicted molar refractivity (Wildman–Crippen MR) is 231 cm³/mol. The Bertz CT molecular complexity index is 2610. The normalized spacial score (nSPS) is 18.8. The lowest BCUT2D eigenvalue weighted by Crippen LogP contribution is -2.36. The maximum atomic E-state index is 13.1. The van der Waals surface area contributed by atoms with Gasteiger partial charge in [-0.2, -0.15) is 0 Å². The second-order valence-corrected chi connectivity index (χ2v) is 18.0. The standard InChI is InChI=1S/C47H53N7O7/c1-46(2,3)60-44(55)52-17-9-11-37(52)41-48-25-34(50-41)27-14-16-36-29(19-27)22-39-33-15-13-28(23-40(33)59-43(54(36)39)30-20-31(57-7)24-32(21-30)58-8)35-26-49-42(51-35)38-12-10-18-53(38)45(56)61-47(4,5)6/h13-16,19-26,37-38,43H,9-12,17-18H2,1-8H3,(H,48,50)(H,49,51). The van der Waals surface area contributed by atoms with Crippen LogP contribution in [0.25, 0.3) is 44.7 Å². The summed E-state index contributed by atoms with van der Waals surface area (Å²) in [6.07, 6.45) is 5.80. The number of ether oxygens (including phenoxy) is 5. The Morgan fingerprint density at radius 3 is 1.79 bits per heavy atom. The van der Waals surface area contributed by atoms with Crippen molar-refractivity contribution in [2.45, 2.75) is 96.7 Å². The van der Waals surface area contributed by atoms with Crippen molar-refractivity contribution in [3.63, 3.8) is 0 Å². The van der Waals surface area contributed by atoms with E-state index in [4.69, 9.17) is 33.7 Å². The average Bonchev–Trinajstić information content (AvgIpc) is 4.07. The van der Waals surface area contributed by atoms with E-state index in [0.717, 1.165) is 87.6 Å². The summed E-state index contributed by atoms with van der Waals surface area (Å²) < 4.78 is 32.0. The number of H-pyrrole nitrogens is 2. The van der Waals surface area contributed by atoms with E-state index in [0.29, 0.717) is 30.3 Å². The summed E-state index contributed by atoms with van der Waals surface area (Å²) in [5.74, 6) is 3.47. The van der Waals surface area contributed by atoms with Gasteiger partial charge >= 0.3 is 12.2 Å². The number of benzene rings is 3. The van der Waals surface area contributed by atoms with Gasteiger partial charge in [-0.1, -0.05) is 12.1 Å². The van der Waals surface area contributed by atoms with E-state index in [2.05, 4.69) is 50.9 Å². The lowest BCUT2D eigenvalue weighted by atomic mass is 10.0. The third-order valence-electron chi connectivity index (χ3n) is 11.4. The van der Waals surface area contributed by atoms with E-state index in [9.17, 15) is 9.59 Å². The lowest BCUT2D eigenvalue weighted by Gasteiger charge is -2.31. The fraction of sp³-hybridized carbons (Fsp3) is 0.404. The Labute approximate surface area is 355 Å². The Morgan fingerprint density at radius 1 is 0.705 bits per heavy atom. The van der Waals surface area contributed by atoms with Crippen LogP contribution < -0.4 is 14.2 Å². The van der Waals surface area contributed by atoms with Crippen molar-refractivity contribution in [2.24, 2.45) is 0 Å². The van der Waals surface area contributed by atoms with Crippen LogP contribution in [0.15, 0.2) is 73.1 Å². The molecule has 14 heteroatoms. The number of methoxy groups -OCH3 is 2. The van der Waals surface area contributed by atoms with Crippen LogP contribution in [-0.4, -0.2) is 85.0 Å². The SMILES string of the molecule is COc1cc(OC)cc(C2Oc3cc(-c4cnc(C5CCCN5C(=O)OC(C)(C)C)[nH]4)ccc3-c3cc4cc(-c5cnc(C6CCCN6C(=O)OC(C)(C)C)[nH]5)ccc4n32)c1. The second kappa shape index (κ2) is 15.2. The minimum Gasteiger partial charge on any atom is -0.497 e. The molecule has 0 radical (unpaired) electrons. The number of aromatic amines is 2. The number of hydrogen-bond acceptors (Lipinski definition) is 9. The number of likely N-dealkylation sites (tertiary alicyclic amines) is 2. The van der Waals surface area contributed by atoms with Crippen LogP contribution in [0.5, 0.6) is 17.2 Å². The van der Waals surface area contributed by atoms with E-state index in [1.165, 1.54) is 0 Å². The first-order valence-electron chi connectivity index (χ1n) is 20.9. The molecule has 3 aromatic carbocycles. The van der Waals surface area contributed by atoms with Gasteiger partial charge in [0, 0.05) is 46.8 Å². The van der Waals surface area contributed by atoms with Gasteiger partial charge in [0.15, 0.2) is 0 Å². The van der Waals surface area contributed by atoms with Crippen LogP contribution in [0.2, 0.25) is 0 Å². The number of imidazole rings is 2. The number of nitrogens with one attached hydrogen (secondary N) is 2. The van der Waals surface area contributed by atoms with Crippen LogP contribution in [0.3, 0.4) is 0 Å². The van der Waals surface area contributed by atoms with Gasteiger partial charge in [-0.25, -0.2) is 19.6 Å². The fourth-order valence-electron chi connectivity index (χ4n) is 8.71. The summed E-state index contributed by atoms with van der Waals surface area (Å²) in [4.78, 5) is 46.3. The molecule has 0 bridgehead atoms. The third-order valence-corrected chi connectivity index (χ3v) is 11.4. The Kier molecular flexibility index (Phi) is 9.99. The first-order valence-corrected chi connectivity index (χ1v) is 20.9. The van der Waals surface area contributed by atoms with Gasteiger partial charge in [-0.15, -0.1) is 0 Å². The van der Waals surface area contributed by atoms with Crippen LogP contribution in [-0.2, 0) is 9.47 Å². The molecule has 9 rings (SSSR count). The highest BCUT2D eigenvalue weighted by molar-refractivity contribution is 5.92. The zero-order chi connectivity index (χ0) is 42.8. The van der Waals surface area contributed by atoms with E-state index in [-0.39, 0.29) is 24.3 Å². The monoisotopic (exact) mass is 827 g/mol. The van der Waals surface area contributed by atoms with Crippen molar-refractivity contribution in [3.05, 3.63) is 90.3 Å². The number of carbonyl (C=O) groups is 2. The molecular formula is C47H53N7O7. The van der Waals surface area contributed by atoms with Gasteiger partial charge in [0.25, 0.3) is 0 Å². The molecule has 0 saturated carbocycles. The number of rotatable bonds is 7. The van der Waals surface area contributed by atoms with Crippen LogP contribution in [0.4, 0.5) is 9.59 Å². The molecule has 3 aromatic heterocycles. The van der Waals surface area contributed by atoms with E-state index >= 15 is 0 Å². The average molecular weight is 828 g/mol. The van der Waals surface area contributed by atoms with Crippen molar-refractivity contribution in [3.8, 4) is 51.0 Å². The maximum absolute atomic E-state index is 13.1. The molecule has 14 nitrogen and oxygen atoms in total. The highest BCUT2D eigenvalue weighted by Gasteiger charge is 2.37. The highest BCUT2D eigenvalue weighted by atomic mass is 16.6. The fourth-order valence-corrected chi connectivity index (χ4v) is 8.71. The summed E-state index contributed by atoms with van der Waals surface area (Å²) >= 11 is 0. The van der Waals surface area contributed by atoms with Crippen molar-refractivity contribution in [2.75, 3.05) is 27.3 Å². The molecule has 3 unspecified atom stereocenters. The summed E-state index contributed by atoms with van der Waals surface area (Å²) in [6, 6.07) is 20.2. The van der Waals surface area contributed by atoms with Crippen LogP contribution in [0, 0.1) is 0 Å². The molecule has 6 aromatic rings. The van der Waals surface area contributed by atoms with Crippen molar-refractivity contribution >= 4 is 23.1 Å². The van der Waals surface area contributed by atoms with Gasteiger partial charge in [0.05, 0.1) is 61.3 Å². The zero-order valence-corrected chi connectivity index (χ0v) is 36.0. The lowest BCUT2D eigenvalue weighted by molar-refractivity contribution is 0.0208. The molecule has 0 spiro atoms. The van der Waals surface area contributed by atoms with E-state index in [1.54, 1.807) is 24.0 Å². The molecular weight excluding hydrogens is 775 g/mol. The van der Waals surface area contributed by atoms with Gasteiger partial charge in [-0.05, 0) is 110 Å². The van der Waals surface area contributed by atoms with Gasteiger partial charge in [0.2, 0.25) is 6.23 Å². The number of hydrogen-bond donors (Lipinski definition) is 2. The highest BCUT2D eigenvalue weighted by Crippen LogP contribution is 2.47. The van der Waals surface area contributed by atoms with Gasteiger partial charge in [-0.3, -0.25) is 9.80 Å². The molecule has 3 atom stereocenters. The van der Waals surface area contributed by atoms with E-state index < -0.39 is 17.4 Å². The molecule has 2 N–H and O–H groups in total. The molecule has 2 saturated heterocycles. The van der Waals surface area contributed by atoms with Crippen LogP contribution in [0.1, 0.15) is 103 Å². The summed E-state index contributed by atoms with van der Waals surface area (Å²) in [5.41, 5.74) is 6.14. The summed E-state index contributed by atoms with van der Waals surface area (Å²) in [5, 5.41) is 1.02. The van der Waals surface area contributed by atoms with Gasteiger partial charge in [0.1, 0.15) is 40.1 Å². The van der Waals surface area contributed by atoms with Crippen molar-refractivity contribution in [1.29, 1.82) is 0 Å². The second-order valence-electron chi connectivity index (χ2n) is 18.0. The number of nitrogens with zero attached hydrogens (tertiary/aromatic N) is 5. The molecule has 0 aliphatic carbocycles. The maximum Gasteiger partial charge on any atom is 0.410 e. The molecule has 2 fully saturated rings. The molecule has 3 aliphatic rings. The quantitative estimate of drug-likeness (QED) is 0.160. The molecule has 6 heterocycles. The Balaban J connectivity index is 1.07. The molecule has 2 amide bonds. The predicted octanol–water partition coefficient (Wildman–Crippen LogP) is 10.2. The smallest absolute Gasteiger partial charge is 0.410 e. The largest absolute Gasteiger partial charge is 0.497 e. The zero-order valence-electron chi connectivity index (χ0n) is 36.0. The summed E-state index contributed by atoms with van der Waals surface area (Å²) in [6.45, 7) is 12.5. The minimum atomic E-state index is -0.587. The molecule has 3 aliphatic heterocycles. The van der Waals surface area contributed by atoms with Crippen molar-refractivity contribution in [1.82, 2.24) is 34.3 Å². The number of amides is 2. The number of carbonyl (C=O) groups excluding carboxylic acids is 2. The summed E-state index contributed by atoms with van der Waals surface area (Å²) in [7, 11) is 3.28. The number of fused-ring (bicyclic) bond motifs is 5. The first-order chi connectivity index (χ1) is 29.2. The molecule has 61 heavy (non-hydrogen) atoms. The van der Waals surface area contributed by atoms with Crippen LogP contribution >= 0.6 is 0 Å². The molecule has 318 valence electrons. The Hall–Kier alpha value is -6.44. The number of aromatic nitrogens is 5. The van der Waals surface area contributed by atoms with Crippen molar-refractivity contribution < 1.29 is 33.3 Å². The first kappa shape index (κ1) is 40.0. The minimum absolute atomic E-state index is 0.184. The third kappa shape index (κ3) is 7.75. The topological polar surface area (TPSA) is 149 Å². The Morgan fingerprint density at radius 2 is 1.25 bits per heavy atom. The van der Waals surface area contributed by atoms with E-state index in [1.807, 2.05) is 78.2 Å². The van der Waals surface area contributed by atoms with Gasteiger partial charge < -0.3 is 38.2 Å².